The fourth-order valence-corrected chi connectivity index (χ4v) is 2.96. The van der Waals surface area contributed by atoms with E-state index in [9.17, 15) is 18.3 Å². The summed E-state index contributed by atoms with van der Waals surface area (Å²) >= 11 is 0. The number of carboxylic acid groups (broad SMARTS) is 1. The zero-order chi connectivity index (χ0) is 15.7. The number of nitrogens with one attached hydrogen (secondary N) is 1. The highest BCUT2D eigenvalue weighted by Crippen LogP contribution is 2.40. The Hall–Kier alpha value is -1.60. The first kappa shape index (κ1) is 15.8. The molecule has 116 valence electrons. The van der Waals surface area contributed by atoms with Gasteiger partial charge in [0.15, 0.2) is 15.4 Å². The first-order valence-corrected chi connectivity index (χ1v) is 8.54. The maximum absolute atomic E-state index is 11.5. The van der Waals surface area contributed by atoms with Crippen molar-refractivity contribution in [2.24, 2.45) is 5.92 Å². The molecule has 0 radical (unpaired) electrons. The SMILES string of the molecule is CNC(COc1cccc(S(C)(=O)=O)c1)(C(=O)O)C1CC1. The van der Waals surface area contributed by atoms with Gasteiger partial charge in [-0.3, -0.25) is 4.79 Å². The Balaban J connectivity index is 2.17. The molecule has 0 saturated heterocycles. The van der Waals surface area contributed by atoms with Crippen molar-refractivity contribution in [1.29, 1.82) is 0 Å². The average Bonchev–Trinajstić information content (AvgIpc) is 3.24. The van der Waals surface area contributed by atoms with Crippen LogP contribution in [0.3, 0.4) is 0 Å². The quantitative estimate of drug-likeness (QED) is 0.777. The molecule has 0 heterocycles. The van der Waals surface area contributed by atoms with Crippen molar-refractivity contribution < 1.29 is 23.1 Å². The van der Waals surface area contributed by atoms with E-state index in [4.69, 9.17) is 4.74 Å². The van der Waals surface area contributed by atoms with Crippen LogP contribution in [0, 0.1) is 5.92 Å². The Morgan fingerprint density at radius 1 is 1.48 bits per heavy atom. The van der Waals surface area contributed by atoms with E-state index in [0.717, 1.165) is 19.1 Å². The largest absolute Gasteiger partial charge is 0.491 e. The van der Waals surface area contributed by atoms with E-state index in [2.05, 4.69) is 5.32 Å². The molecule has 1 atom stereocenters. The molecule has 1 aliphatic rings. The first-order valence-electron chi connectivity index (χ1n) is 6.65. The van der Waals surface area contributed by atoms with Crippen LogP contribution >= 0.6 is 0 Å². The van der Waals surface area contributed by atoms with E-state index in [1.807, 2.05) is 0 Å². The number of sulfone groups is 1. The topological polar surface area (TPSA) is 92.7 Å². The van der Waals surface area contributed by atoms with Gasteiger partial charge in [0.05, 0.1) is 4.90 Å². The van der Waals surface area contributed by atoms with E-state index >= 15 is 0 Å². The van der Waals surface area contributed by atoms with E-state index in [-0.39, 0.29) is 17.4 Å². The van der Waals surface area contributed by atoms with Gasteiger partial charge in [-0.05, 0) is 44.0 Å². The summed E-state index contributed by atoms with van der Waals surface area (Å²) in [6.07, 6.45) is 2.81. The zero-order valence-electron chi connectivity index (χ0n) is 12.0. The van der Waals surface area contributed by atoms with Crippen molar-refractivity contribution in [1.82, 2.24) is 5.32 Å². The summed E-state index contributed by atoms with van der Waals surface area (Å²) in [5.74, 6) is -0.565. The molecule has 2 rings (SSSR count). The predicted octanol–water partition coefficient (Wildman–Crippen LogP) is 0.922. The van der Waals surface area contributed by atoms with E-state index < -0.39 is 21.3 Å². The molecule has 1 aliphatic carbocycles. The molecule has 1 saturated carbocycles. The third kappa shape index (κ3) is 3.36. The van der Waals surface area contributed by atoms with Gasteiger partial charge in [0, 0.05) is 6.26 Å². The van der Waals surface area contributed by atoms with E-state index in [1.165, 1.54) is 12.1 Å². The van der Waals surface area contributed by atoms with Crippen molar-refractivity contribution in [3.8, 4) is 5.75 Å². The standard InChI is InChI=1S/C14H19NO5S/c1-15-14(13(16)17,10-6-7-10)9-20-11-4-3-5-12(8-11)21(2,18)19/h3-5,8,10,15H,6-7,9H2,1-2H3,(H,16,17). The van der Waals surface area contributed by atoms with Crippen molar-refractivity contribution in [3.05, 3.63) is 24.3 Å². The maximum atomic E-state index is 11.5. The van der Waals surface area contributed by atoms with Gasteiger partial charge in [-0.25, -0.2) is 8.42 Å². The fourth-order valence-electron chi connectivity index (χ4n) is 2.31. The maximum Gasteiger partial charge on any atom is 0.327 e. The smallest absolute Gasteiger partial charge is 0.327 e. The van der Waals surface area contributed by atoms with E-state index in [0.29, 0.717) is 5.75 Å². The van der Waals surface area contributed by atoms with Gasteiger partial charge >= 0.3 is 5.97 Å². The molecule has 0 amide bonds. The molecule has 0 aromatic heterocycles. The molecule has 0 spiro atoms. The third-order valence-corrected chi connectivity index (χ3v) is 4.91. The molecule has 1 fully saturated rings. The Kier molecular flexibility index (Phi) is 4.25. The van der Waals surface area contributed by atoms with Crippen LogP contribution in [0.5, 0.6) is 5.75 Å². The summed E-state index contributed by atoms with van der Waals surface area (Å²) in [6.45, 7) is -0.0449. The lowest BCUT2D eigenvalue weighted by Crippen LogP contribution is -2.56. The molecule has 1 unspecified atom stereocenters. The molecule has 1 aromatic rings. The van der Waals surface area contributed by atoms with Gasteiger partial charge < -0.3 is 15.2 Å². The molecule has 2 N–H and O–H groups in total. The second kappa shape index (κ2) is 5.65. The van der Waals surface area contributed by atoms with Gasteiger partial charge in [-0.2, -0.15) is 0 Å². The third-order valence-electron chi connectivity index (χ3n) is 3.80. The normalized spacial score (nSPS) is 18.0. The lowest BCUT2D eigenvalue weighted by molar-refractivity contribution is -0.147. The van der Waals surface area contributed by atoms with Gasteiger partial charge in [-0.15, -0.1) is 0 Å². The number of rotatable bonds is 7. The summed E-state index contributed by atoms with van der Waals surface area (Å²) in [4.78, 5) is 11.7. The molecule has 0 aliphatic heterocycles. The van der Waals surface area contributed by atoms with Gasteiger partial charge in [-0.1, -0.05) is 6.07 Å². The lowest BCUT2D eigenvalue weighted by Gasteiger charge is -2.29. The molecule has 21 heavy (non-hydrogen) atoms. The number of aliphatic carboxylic acids is 1. The van der Waals surface area contributed by atoms with Crippen molar-refractivity contribution >= 4 is 15.8 Å². The van der Waals surface area contributed by atoms with Crippen molar-refractivity contribution in [2.75, 3.05) is 19.9 Å². The second-order valence-corrected chi connectivity index (χ2v) is 7.35. The molecule has 0 bridgehead atoms. The summed E-state index contributed by atoms with van der Waals surface area (Å²) in [5.41, 5.74) is -1.12. The van der Waals surface area contributed by atoms with Crippen molar-refractivity contribution in [2.45, 2.75) is 23.3 Å². The van der Waals surface area contributed by atoms with Crippen LogP contribution in [0.2, 0.25) is 0 Å². The lowest BCUT2D eigenvalue weighted by atomic mass is 9.94. The second-order valence-electron chi connectivity index (χ2n) is 5.34. The van der Waals surface area contributed by atoms with Crippen LogP contribution in [0.1, 0.15) is 12.8 Å². The van der Waals surface area contributed by atoms with Crippen LogP contribution < -0.4 is 10.1 Å². The number of hydrogen-bond acceptors (Lipinski definition) is 5. The van der Waals surface area contributed by atoms with Gasteiger partial charge in [0.2, 0.25) is 0 Å². The van der Waals surface area contributed by atoms with E-state index in [1.54, 1.807) is 19.2 Å². The van der Waals surface area contributed by atoms with Crippen LogP contribution in [-0.2, 0) is 14.6 Å². The van der Waals surface area contributed by atoms with Crippen molar-refractivity contribution in [3.63, 3.8) is 0 Å². The van der Waals surface area contributed by atoms with Gasteiger partial charge in [0.25, 0.3) is 0 Å². The minimum absolute atomic E-state index is 0.0399. The van der Waals surface area contributed by atoms with Crippen LogP contribution in [0.4, 0.5) is 0 Å². The molecule has 6 nitrogen and oxygen atoms in total. The molecular weight excluding hydrogens is 294 g/mol. The minimum Gasteiger partial charge on any atom is -0.491 e. The number of carboxylic acids is 1. The first-order chi connectivity index (χ1) is 9.79. The highest BCUT2D eigenvalue weighted by molar-refractivity contribution is 7.90. The Bertz CT molecular complexity index is 639. The molecule has 1 aromatic carbocycles. The molecule has 7 heteroatoms. The zero-order valence-corrected chi connectivity index (χ0v) is 12.8. The number of carbonyl (C=O) groups is 1. The Labute approximate surface area is 124 Å². The summed E-state index contributed by atoms with van der Waals surface area (Å²) < 4.78 is 28.6. The summed E-state index contributed by atoms with van der Waals surface area (Å²) in [6, 6.07) is 6.07. The summed E-state index contributed by atoms with van der Waals surface area (Å²) in [7, 11) is -1.72. The fraction of sp³-hybridized carbons (Fsp3) is 0.500. The number of hydrogen-bond donors (Lipinski definition) is 2. The number of ether oxygens (including phenoxy) is 1. The highest BCUT2D eigenvalue weighted by atomic mass is 32.2. The minimum atomic E-state index is -3.32. The predicted molar refractivity (Wildman–Crippen MR) is 77.2 cm³/mol. The van der Waals surface area contributed by atoms with Crippen LogP contribution in [0.15, 0.2) is 29.2 Å². The van der Waals surface area contributed by atoms with Crippen LogP contribution in [-0.4, -0.2) is 44.9 Å². The van der Waals surface area contributed by atoms with Crippen LogP contribution in [0.25, 0.3) is 0 Å². The van der Waals surface area contributed by atoms with Gasteiger partial charge in [0.1, 0.15) is 12.4 Å². The number of likely N-dealkylation sites (N-methyl/N-ethyl adjacent to an activating group) is 1. The summed E-state index contributed by atoms with van der Waals surface area (Å²) in [5, 5.41) is 12.3. The monoisotopic (exact) mass is 313 g/mol. The average molecular weight is 313 g/mol. The number of benzene rings is 1. The molecular formula is C14H19NO5S. The Morgan fingerprint density at radius 2 is 2.14 bits per heavy atom. The Morgan fingerprint density at radius 3 is 2.62 bits per heavy atom. The highest BCUT2D eigenvalue weighted by Gasteiger charge is 2.51.